The predicted molar refractivity (Wildman–Crippen MR) is 101 cm³/mol. The normalized spacial score (nSPS) is 24.7. The van der Waals surface area contributed by atoms with Gasteiger partial charge in [-0.2, -0.15) is 0 Å². The maximum atomic E-state index is 3.79. The molecular weight excluding hydrogens is 348 g/mol. The van der Waals surface area contributed by atoms with Gasteiger partial charge in [-0.3, -0.25) is 0 Å². The fourth-order valence-electron chi connectivity index (χ4n) is 3.88. The van der Waals surface area contributed by atoms with Gasteiger partial charge in [-0.1, -0.05) is 40.2 Å². The number of nitrogens with zero attached hydrogens (tertiary/aromatic N) is 1. The highest BCUT2D eigenvalue weighted by Crippen LogP contribution is 2.50. The van der Waals surface area contributed by atoms with E-state index in [-0.39, 0.29) is 0 Å². The van der Waals surface area contributed by atoms with Crippen LogP contribution in [-0.2, 0) is 0 Å². The zero-order valence-corrected chi connectivity index (χ0v) is 15.0. The third-order valence-electron chi connectivity index (χ3n) is 5.09. The lowest BCUT2D eigenvalue weighted by molar-refractivity contribution is 0.425. The third kappa shape index (κ3) is 2.57. The van der Waals surface area contributed by atoms with Crippen molar-refractivity contribution in [2.45, 2.75) is 18.4 Å². The second kappa shape index (κ2) is 5.72. The summed E-state index contributed by atoms with van der Waals surface area (Å²) in [7, 11) is 4.16. The summed E-state index contributed by atoms with van der Waals surface area (Å²) in [5.74, 6) is 1.12. The molecule has 0 fully saturated rings. The Hall–Kier alpha value is -1.74. The first kappa shape index (κ1) is 14.8. The van der Waals surface area contributed by atoms with Gasteiger partial charge in [-0.15, -0.1) is 0 Å². The first-order valence-electron chi connectivity index (χ1n) is 8.13. The highest BCUT2D eigenvalue weighted by atomic mass is 79.9. The smallest absolute Gasteiger partial charge is 0.0553 e. The maximum absolute atomic E-state index is 3.79. The van der Waals surface area contributed by atoms with Crippen LogP contribution in [0, 0.1) is 5.92 Å². The molecule has 1 aliphatic heterocycles. The van der Waals surface area contributed by atoms with Crippen LogP contribution in [-0.4, -0.2) is 14.1 Å². The van der Waals surface area contributed by atoms with Crippen molar-refractivity contribution < 1.29 is 0 Å². The summed E-state index contributed by atoms with van der Waals surface area (Å²) in [6.45, 7) is 0. The van der Waals surface area contributed by atoms with Gasteiger partial charge in [0.25, 0.3) is 0 Å². The first-order valence-corrected chi connectivity index (χ1v) is 8.93. The van der Waals surface area contributed by atoms with Crippen molar-refractivity contribution in [3.05, 3.63) is 70.2 Å². The quantitative estimate of drug-likeness (QED) is 0.719. The van der Waals surface area contributed by atoms with Crippen LogP contribution >= 0.6 is 15.9 Å². The molecule has 118 valence electrons. The zero-order chi connectivity index (χ0) is 16.0. The number of benzene rings is 2. The largest absolute Gasteiger partial charge is 0.378 e. The number of nitrogens with one attached hydrogen (secondary N) is 1. The Morgan fingerprint density at radius 1 is 1.09 bits per heavy atom. The number of hydrogen-bond acceptors (Lipinski definition) is 2. The molecule has 0 bridgehead atoms. The van der Waals surface area contributed by atoms with Crippen molar-refractivity contribution in [3.8, 4) is 0 Å². The fraction of sp³-hybridized carbons (Fsp3) is 0.300. The molecule has 0 spiro atoms. The molecule has 1 heterocycles. The minimum Gasteiger partial charge on any atom is -0.378 e. The summed E-state index contributed by atoms with van der Waals surface area (Å²) >= 11 is 3.61. The molecule has 2 aliphatic rings. The van der Waals surface area contributed by atoms with E-state index in [1.54, 1.807) is 0 Å². The Morgan fingerprint density at radius 3 is 2.61 bits per heavy atom. The lowest BCUT2D eigenvalue weighted by atomic mass is 9.77. The number of fused-ring (bicyclic) bond motifs is 3. The summed E-state index contributed by atoms with van der Waals surface area (Å²) in [6.07, 6.45) is 5.87. The summed E-state index contributed by atoms with van der Waals surface area (Å²) in [5, 5.41) is 3.79. The molecule has 2 nitrogen and oxygen atoms in total. The van der Waals surface area contributed by atoms with Crippen molar-refractivity contribution in [2.75, 3.05) is 24.3 Å². The third-order valence-corrected chi connectivity index (χ3v) is 5.59. The van der Waals surface area contributed by atoms with Crippen molar-refractivity contribution >= 4 is 27.3 Å². The predicted octanol–water partition coefficient (Wildman–Crippen LogP) is 5.34. The monoisotopic (exact) mass is 368 g/mol. The molecule has 3 heteroatoms. The van der Waals surface area contributed by atoms with E-state index in [0.717, 1.165) is 10.9 Å². The molecule has 4 rings (SSSR count). The lowest BCUT2D eigenvalue weighted by Crippen LogP contribution is -2.29. The minimum atomic E-state index is 0.375. The zero-order valence-electron chi connectivity index (χ0n) is 13.5. The highest BCUT2D eigenvalue weighted by molar-refractivity contribution is 9.10. The van der Waals surface area contributed by atoms with Gasteiger partial charge in [0.05, 0.1) is 6.04 Å². The number of anilines is 2. The van der Waals surface area contributed by atoms with Crippen LogP contribution in [0.3, 0.4) is 0 Å². The van der Waals surface area contributed by atoms with Crippen LogP contribution in [0.2, 0.25) is 0 Å². The summed E-state index contributed by atoms with van der Waals surface area (Å²) < 4.78 is 1.16. The van der Waals surface area contributed by atoms with E-state index in [0.29, 0.717) is 17.9 Å². The molecule has 2 aromatic carbocycles. The van der Waals surface area contributed by atoms with Crippen molar-refractivity contribution in [2.24, 2.45) is 5.92 Å². The van der Waals surface area contributed by atoms with E-state index < -0.39 is 0 Å². The average Bonchev–Trinajstić information content (AvgIpc) is 3.04. The van der Waals surface area contributed by atoms with Gasteiger partial charge in [0.1, 0.15) is 0 Å². The molecule has 3 unspecified atom stereocenters. The van der Waals surface area contributed by atoms with Gasteiger partial charge in [0, 0.05) is 35.9 Å². The second-order valence-electron chi connectivity index (χ2n) is 6.69. The van der Waals surface area contributed by atoms with Gasteiger partial charge in [-0.25, -0.2) is 0 Å². The van der Waals surface area contributed by atoms with E-state index in [9.17, 15) is 0 Å². The maximum Gasteiger partial charge on any atom is 0.0553 e. The van der Waals surface area contributed by atoms with Crippen LogP contribution in [0.15, 0.2) is 59.1 Å². The second-order valence-corrected chi connectivity index (χ2v) is 7.61. The van der Waals surface area contributed by atoms with E-state index in [1.165, 1.54) is 22.5 Å². The Kier molecular flexibility index (Phi) is 3.68. The van der Waals surface area contributed by atoms with Crippen molar-refractivity contribution in [1.29, 1.82) is 0 Å². The van der Waals surface area contributed by atoms with Crippen LogP contribution in [0.5, 0.6) is 0 Å². The molecular formula is C20H21BrN2. The molecule has 0 radical (unpaired) electrons. The van der Waals surface area contributed by atoms with Gasteiger partial charge in [-0.05, 0) is 53.8 Å². The fourth-order valence-corrected chi connectivity index (χ4v) is 4.25. The molecule has 0 aromatic heterocycles. The molecule has 0 amide bonds. The number of rotatable bonds is 2. The average molecular weight is 369 g/mol. The van der Waals surface area contributed by atoms with Crippen LogP contribution in [0.25, 0.3) is 0 Å². The van der Waals surface area contributed by atoms with Gasteiger partial charge in [0.2, 0.25) is 0 Å². The Bertz CT molecular complexity index is 749. The molecule has 3 atom stereocenters. The van der Waals surface area contributed by atoms with Gasteiger partial charge < -0.3 is 10.2 Å². The van der Waals surface area contributed by atoms with E-state index in [2.05, 4.69) is 94.9 Å². The number of halogens is 1. The van der Waals surface area contributed by atoms with Crippen LogP contribution in [0.1, 0.15) is 29.5 Å². The molecule has 1 aliphatic carbocycles. The molecule has 2 aromatic rings. The molecule has 0 saturated heterocycles. The Balaban J connectivity index is 1.71. The van der Waals surface area contributed by atoms with Crippen molar-refractivity contribution in [1.82, 2.24) is 0 Å². The first-order chi connectivity index (χ1) is 11.1. The number of allylic oxidation sites excluding steroid dienone is 2. The van der Waals surface area contributed by atoms with E-state index in [1.807, 2.05) is 0 Å². The van der Waals surface area contributed by atoms with Crippen LogP contribution in [0.4, 0.5) is 11.4 Å². The van der Waals surface area contributed by atoms with E-state index in [4.69, 9.17) is 0 Å². The summed E-state index contributed by atoms with van der Waals surface area (Å²) in [4.78, 5) is 2.14. The highest BCUT2D eigenvalue weighted by Gasteiger charge is 2.37. The SMILES string of the molecule is CN(C)c1ccc(C2Nc3ccc(Br)cc3C3C=CCC32)cc1. The van der Waals surface area contributed by atoms with Crippen molar-refractivity contribution in [3.63, 3.8) is 0 Å². The summed E-state index contributed by atoms with van der Waals surface area (Å²) in [6, 6.07) is 15.9. The summed E-state index contributed by atoms with van der Waals surface area (Å²) in [5.41, 5.74) is 5.31. The molecule has 23 heavy (non-hydrogen) atoms. The molecule has 0 saturated carbocycles. The van der Waals surface area contributed by atoms with Crippen LogP contribution < -0.4 is 10.2 Å². The topological polar surface area (TPSA) is 15.3 Å². The van der Waals surface area contributed by atoms with Gasteiger partial charge >= 0.3 is 0 Å². The number of hydrogen-bond donors (Lipinski definition) is 1. The minimum absolute atomic E-state index is 0.375. The van der Waals surface area contributed by atoms with E-state index >= 15 is 0 Å². The van der Waals surface area contributed by atoms with Gasteiger partial charge in [0.15, 0.2) is 0 Å². The standard InChI is InChI=1S/C20H21BrN2/c1-23(2)15-9-6-13(7-10-15)20-17-5-3-4-16(17)18-12-14(21)8-11-19(18)22-20/h3-4,6-12,16-17,20,22H,5H2,1-2H3. The molecule has 1 N–H and O–H groups in total. The Morgan fingerprint density at radius 2 is 1.87 bits per heavy atom. The lowest BCUT2D eigenvalue weighted by Gasteiger charge is -2.37. The Labute approximate surface area is 146 Å².